The van der Waals surface area contributed by atoms with Crippen molar-refractivity contribution in [3.63, 3.8) is 0 Å². The predicted octanol–water partition coefficient (Wildman–Crippen LogP) is 4.11. The number of piperidine rings is 1. The maximum atomic E-state index is 13.8. The second-order valence-electron chi connectivity index (χ2n) is 7.47. The van der Waals surface area contributed by atoms with Crippen LogP contribution in [-0.2, 0) is 15.8 Å². The van der Waals surface area contributed by atoms with E-state index < -0.39 is 10.0 Å². The molecular weight excluding hydrogens is 437 g/mol. The number of hydrogen-bond acceptors (Lipinski definition) is 6. The molecule has 31 heavy (non-hydrogen) atoms. The van der Waals surface area contributed by atoms with Gasteiger partial charge in [0.15, 0.2) is 5.65 Å². The van der Waals surface area contributed by atoms with Gasteiger partial charge in [-0.05, 0) is 42.7 Å². The fraction of sp³-hybridized carbons (Fsp3) is 0.286. The van der Waals surface area contributed by atoms with E-state index in [0.717, 1.165) is 24.8 Å². The highest BCUT2D eigenvalue weighted by Crippen LogP contribution is 2.29. The number of benzene rings is 2. The van der Waals surface area contributed by atoms with E-state index in [0.29, 0.717) is 46.1 Å². The molecule has 1 saturated heterocycles. The molecule has 3 heterocycles. The molecule has 0 spiro atoms. The third kappa shape index (κ3) is 3.90. The first-order valence-corrected chi connectivity index (χ1v) is 12.5. The van der Waals surface area contributed by atoms with Crippen LogP contribution in [0.5, 0.6) is 0 Å². The second kappa shape index (κ2) is 8.18. The van der Waals surface area contributed by atoms with Gasteiger partial charge in [-0.3, -0.25) is 0 Å². The monoisotopic (exact) mass is 457 g/mol. The molecule has 1 aliphatic heterocycles. The Morgan fingerprint density at radius 2 is 1.87 bits per heavy atom. The maximum Gasteiger partial charge on any atom is 0.243 e. The summed E-state index contributed by atoms with van der Waals surface area (Å²) in [6.07, 6.45) is 2.83. The van der Waals surface area contributed by atoms with Crippen molar-refractivity contribution < 1.29 is 12.8 Å². The molecule has 1 fully saturated rings. The minimum atomic E-state index is -3.54. The molecule has 0 amide bonds. The molecule has 5 rings (SSSR count). The molecule has 0 atom stereocenters. The van der Waals surface area contributed by atoms with Crippen molar-refractivity contribution in [2.75, 3.05) is 13.1 Å². The van der Waals surface area contributed by atoms with Crippen LogP contribution in [0.3, 0.4) is 0 Å². The zero-order chi connectivity index (χ0) is 21.4. The third-order valence-corrected chi connectivity index (χ3v) is 8.22. The largest absolute Gasteiger partial charge is 0.338 e. The molecule has 0 saturated carbocycles. The average Bonchev–Trinajstić information content (AvgIpc) is 3.16. The van der Waals surface area contributed by atoms with Gasteiger partial charge in [0.2, 0.25) is 15.2 Å². The van der Waals surface area contributed by atoms with Crippen molar-refractivity contribution in [2.24, 2.45) is 0 Å². The Balaban J connectivity index is 1.45. The molecule has 1 aliphatic rings. The van der Waals surface area contributed by atoms with Gasteiger partial charge in [-0.2, -0.15) is 4.31 Å². The lowest BCUT2D eigenvalue weighted by Crippen LogP contribution is -2.35. The summed E-state index contributed by atoms with van der Waals surface area (Å²) >= 11 is 1.29. The number of thioether (sulfide) groups is 1. The van der Waals surface area contributed by atoms with E-state index in [4.69, 9.17) is 0 Å². The lowest BCUT2D eigenvalue weighted by Gasteiger charge is -2.25. The fourth-order valence-corrected chi connectivity index (χ4v) is 6.09. The first-order chi connectivity index (χ1) is 15.0. The topological polar surface area (TPSA) is 91.8 Å². The molecule has 2 aromatic heterocycles. The molecule has 1 N–H and O–H groups in total. The van der Waals surface area contributed by atoms with Crippen molar-refractivity contribution >= 4 is 43.9 Å². The highest BCUT2D eigenvalue weighted by molar-refractivity contribution is 7.98. The van der Waals surface area contributed by atoms with E-state index in [1.54, 1.807) is 40.7 Å². The van der Waals surface area contributed by atoms with Gasteiger partial charge < -0.3 is 4.98 Å². The van der Waals surface area contributed by atoms with Gasteiger partial charge >= 0.3 is 0 Å². The number of sulfonamides is 1. The third-order valence-electron chi connectivity index (χ3n) is 5.43. The van der Waals surface area contributed by atoms with Gasteiger partial charge in [0.25, 0.3) is 0 Å². The SMILES string of the molecule is O=S(=O)(c1ccc2[nH]c3nc(SCc4ccccc4F)nnc3c2c1)N1CCCCC1. The summed E-state index contributed by atoms with van der Waals surface area (Å²) in [7, 11) is -3.54. The smallest absolute Gasteiger partial charge is 0.243 e. The second-order valence-corrected chi connectivity index (χ2v) is 10.3. The number of hydrogen-bond donors (Lipinski definition) is 1. The zero-order valence-corrected chi connectivity index (χ0v) is 18.2. The lowest BCUT2D eigenvalue weighted by molar-refractivity contribution is 0.346. The summed E-state index contributed by atoms with van der Waals surface area (Å²) in [5.41, 5.74) is 2.35. The summed E-state index contributed by atoms with van der Waals surface area (Å²) in [5, 5.41) is 9.51. The van der Waals surface area contributed by atoms with Crippen LogP contribution in [0.25, 0.3) is 22.1 Å². The maximum absolute atomic E-state index is 13.8. The van der Waals surface area contributed by atoms with Crippen molar-refractivity contribution in [3.8, 4) is 0 Å². The number of rotatable bonds is 5. The average molecular weight is 458 g/mol. The van der Waals surface area contributed by atoms with Crippen LogP contribution in [0.1, 0.15) is 24.8 Å². The number of nitrogens with one attached hydrogen (secondary N) is 1. The Morgan fingerprint density at radius 1 is 1.06 bits per heavy atom. The van der Waals surface area contributed by atoms with Gasteiger partial charge in [0.1, 0.15) is 11.3 Å². The number of aromatic nitrogens is 4. The van der Waals surface area contributed by atoms with E-state index in [-0.39, 0.29) is 10.7 Å². The van der Waals surface area contributed by atoms with Gasteiger partial charge in [0, 0.05) is 29.7 Å². The van der Waals surface area contributed by atoms with Crippen LogP contribution in [0.15, 0.2) is 52.5 Å². The molecule has 160 valence electrons. The molecule has 0 bridgehead atoms. The van der Waals surface area contributed by atoms with Crippen molar-refractivity contribution in [3.05, 3.63) is 53.8 Å². The highest BCUT2D eigenvalue weighted by Gasteiger charge is 2.26. The predicted molar refractivity (Wildman–Crippen MR) is 118 cm³/mol. The normalized spacial score (nSPS) is 15.6. The highest BCUT2D eigenvalue weighted by atomic mass is 32.2. The Hall–Kier alpha value is -2.56. The van der Waals surface area contributed by atoms with E-state index in [1.165, 1.54) is 17.8 Å². The van der Waals surface area contributed by atoms with Crippen LogP contribution in [-0.4, -0.2) is 46.0 Å². The summed E-state index contributed by atoms with van der Waals surface area (Å²) in [6.45, 7) is 1.11. The molecule has 4 aromatic rings. The van der Waals surface area contributed by atoms with Gasteiger partial charge in [-0.25, -0.2) is 17.8 Å². The first kappa shape index (κ1) is 20.3. The van der Waals surface area contributed by atoms with Crippen molar-refractivity contribution in [2.45, 2.75) is 35.1 Å². The summed E-state index contributed by atoms with van der Waals surface area (Å²) in [4.78, 5) is 7.92. The van der Waals surface area contributed by atoms with Crippen LogP contribution in [0.2, 0.25) is 0 Å². The van der Waals surface area contributed by atoms with Gasteiger partial charge in [0.05, 0.1) is 4.90 Å². The summed E-state index contributed by atoms with van der Waals surface area (Å²) in [5.74, 6) is 0.121. The zero-order valence-electron chi connectivity index (χ0n) is 16.6. The molecule has 2 aromatic carbocycles. The van der Waals surface area contributed by atoms with E-state index >= 15 is 0 Å². The quantitative estimate of drug-likeness (QED) is 0.454. The lowest BCUT2D eigenvalue weighted by atomic mass is 10.2. The Morgan fingerprint density at radius 3 is 2.68 bits per heavy atom. The molecular formula is C21H20FN5O2S2. The molecule has 10 heteroatoms. The van der Waals surface area contributed by atoms with Crippen molar-refractivity contribution in [1.82, 2.24) is 24.5 Å². The number of H-pyrrole nitrogens is 1. The Labute approximate surface area is 183 Å². The number of nitrogens with zero attached hydrogens (tertiary/aromatic N) is 4. The molecule has 0 unspecified atom stereocenters. The van der Waals surface area contributed by atoms with Gasteiger partial charge in [-0.15, -0.1) is 10.2 Å². The van der Waals surface area contributed by atoms with Crippen LogP contribution >= 0.6 is 11.8 Å². The van der Waals surface area contributed by atoms with E-state index in [1.807, 2.05) is 0 Å². The Kier molecular flexibility index (Phi) is 5.37. The first-order valence-electron chi connectivity index (χ1n) is 10.0. The van der Waals surface area contributed by atoms with Crippen LogP contribution in [0, 0.1) is 5.82 Å². The van der Waals surface area contributed by atoms with Gasteiger partial charge in [-0.1, -0.05) is 36.4 Å². The van der Waals surface area contributed by atoms with Crippen LogP contribution in [0.4, 0.5) is 4.39 Å². The number of halogens is 1. The summed E-state index contributed by atoms with van der Waals surface area (Å²) < 4.78 is 41.4. The van der Waals surface area contributed by atoms with Crippen molar-refractivity contribution in [1.29, 1.82) is 0 Å². The molecule has 7 nitrogen and oxygen atoms in total. The molecule has 0 radical (unpaired) electrons. The minimum Gasteiger partial charge on any atom is -0.338 e. The molecule has 0 aliphatic carbocycles. The number of aromatic amines is 1. The van der Waals surface area contributed by atoms with E-state index in [2.05, 4.69) is 20.2 Å². The standard InChI is InChI=1S/C21H20FN5O2S2/c22-17-7-3-2-6-14(17)13-30-21-24-20-19(25-26-21)16-12-15(8-9-18(16)23-20)31(28,29)27-10-4-1-5-11-27/h2-3,6-9,12H,1,4-5,10-11,13H2,(H,23,24,26). The van der Waals surface area contributed by atoms with E-state index in [9.17, 15) is 12.8 Å². The van der Waals surface area contributed by atoms with Crippen LogP contribution < -0.4 is 0 Å². The fourth-order valence-electron chi connectivity index (χ4n) is 3.77. The summed E-state index contributed by atoms with van der Waals surface area (Å²) in [6, 6.07) is 11.6. The minimum absolute atomic E-state index is 0.252. The number of fused-ring (bicyclic) bond motifs is 3. The Bertz CT molecular complexity index is 1370.